The monoisotopic (exact) mass is 258 g/mol. The molecule has 0 saturated carbocycles. The molecule has 3 rings (SSSR count). The van der Waals surface area contributed by atoms with Gasteiger partial charge in [-0.2, -0.15) is 0 Å². The molecule has 1 N–H and O–H groups in total. The van der Waals surface area contributed by atoms with Gasteiger partial charge in [-0.05, 0) is 38.5 Å². The lowest BCUT2D eigenvalue weighted by Gasteiger charge is -2.13. The summed E-state index contributed by atoms with van der Waals surface area (Å²) in [5.41, 5.74) is 2.36. The molecule has 102 valence electrons. The summed E-state index contributed by atoms with van der Waals surface area (Å²) in [6, 6.07) is 8.37. The minimum absolute atomic E-state index is 0.899. The largest absolute Gasteiger partial charge is 0.459 e. The van der Waals surface area contributed by atoms with Gasteiger partial charge < -0.3 is 9.73 Å². The van der Waals surface area contributed by atoms with Gasteiger partial charge in [-0.1, -0.05) is 25.1 Å². The molecular weight excluding hydrogens is 236 g/mol. The van der Waals surface area contributed by atoms with E-state index < -0.39 is 0 Å². The Morgan fingerprint density at radius 3 is 2.79 bits per heavy atom. The molecule has 3 heteroatoms. The average molecular weight is 258 g/mol. The zero-order valence-electron chi connectivity index (χ0n) is 11.6. The van der Waals surface area contributed by atoms with Crippen molar-refractivity contribution < 1.29 is 4.42 Å². The van der Waals surface area contributed by atoms with Crippen molar-refractivity contribution in [2.75, 3.05) is 19.6 Å². The van der Waals surface area contributed by atoms with E-state index in [0.29, 0.717) is 0 Å². The van der Waals surface area contributed by atoms with Crippen LogP contribution in [0.1, 0.15) is 31.1 Å². The summed E-state index contributed by atoms with van der Waals surface area (Å²) < 4.78 is 6.08. The Morgan fingerprint density at radius 1 is 1.21 bits per heavy atom. The summed E-state index contributed by atoms with van der Waals surface area (Å²) in [6.07, 6.45) is 2.64. The van der Waals surface area contributed by atoms with Crippen LogP contribution in [0.5, 0.6) is 0 Å². The van der Waals surface area contributed by atoms with Crippen LogP contribution >= 0.6 is 0 Å². The molecule has 1 fully saturated rings. The molecule has 0 radical (unpaired) electrons. The minimum atomic E-state index is 0.899. The highest BCUT2D eigenvalue weighted by atomic mass is 16.3. The molecule has 1 aliphatic rings. The molecule has 0 amide bonds. The van der Waals surface area contributed by atoms with Crippen LogP contribution < -0.4 is 5.32 Å². The lowest BCUT2D eigenvalue weighted by molar-refractivity contribution is 0.300. The third-order valence-electron chi connectivity index (χ3n) is 3.90. The molecule has 0 unspecified atom stereocenters. The van der Waals surface area contributed by atoms with Crippen LogP contribution in [0, 0.1) is 0 Å². The number of furan rings is 1. The van der Waals surface area contributed by atoms with E-state index in [2.05, 4.69) is 35.3 Å². The molecule has 19 heavy (non-hydrogen) atoms. The van der Waals surface area contributed by atoms with Gasteiger partial charge in [0.05, 0.1) is 6.54 Å². The second kappa shape index (κ2) is 5.76. The van der Waals surface area contributed by atoms with Crippen molar-refractivity contribution in [2.45, 2.75) is 32.9 Å². The second-order valence-electron chi connectivity index (χ2n) is 5.26. The predicted molar refractivity (Wildman–Crippen MR) is 78.1 cm³/mol. The molecule has 1 saturated heterocycles. The van der Waals surface area contributed by atoms with E-state index in [1.807, 2.05) is 6.07 Å². The van der Waals surface area contributed by atoms with Crippen LogP contribution in [0.25, 0.3) is 11.0 Å². The normalized spacial score (nSPS) is 16.5. The fraction of sp³-hybridized carbons (Fsp3) is 0.500. The van der Waals surface area contributed by atoms with Gasteiger partial charge in [-0.3, -0.25) is 4.90 Å². The van der Waals surface area contributed by atoms with Crippen molar-refractivity contribution >= 4 is 11.0 Å². The van der Waals surface area contributed by atoms with Crippen molar-refractivity contribution in [3.8, 4) is 0 Å². The smallest absolute Gasteiger partial charge is 0.134 e. The van der Waals surface area contributed by atoms with Crippen LogP contribution in [-0.2, 0) is 13.1 Å². The summed E-state index contributed by atoms with van der Waals surface area (Å²) >= 11 is 0. The molecule has 3 nitrogen and oxygen atoms in total. The number of benzene rings is 1. The Hall–Kier alpha value is -1.32. The number of para-hydroxylation sites is 1. The van der Waals surface area contributed by atoms with E-state index in [1.165, 1.54) is 36.9 Å². The molecule has 1 aromatic carbocycles. The van der Waals surface area contributed by atoms with E-state index in [0.717, 1.165) is 31.0 Å². The number of fused-ring (bicyclic) bond motifs is 1. The zero-order chi connectivity index (χ0) is 13.1. The standard InChI is InChI=1S/C16H22N2O/c1-2-17-11-14-13-7-3-4-8-15(13)19-16(14)12-18-9-5-6-10-18/h3-4,7-8,17H,2,5-6,9-12H2,1H3. The Kier molecular flexibility index (Phi) is 3.85. The average Bonchev–Trinajstić information content (AvgIpc) is 3.04. The Morgan fingerprint density at radius 2 is 2.00 bits per heavy atom. The maximum atomic E-state index is 6.08. The fourth-order valence-corrected chi connectivity index (χ4v) is 2.86. The van der Waals surface area contributed by atoms with Gasteiger partial charge in [0.25, 0.3) is 0 Å². The maximum Gasteiger partial charge on any atom is 0.134 e. The number of hydrogen-bond acceptors (Lipinski definition) is 3. The van der Waals surface area contributed by atoms with E-state index in [1.54, 1.807) is 0 Å². The van der Waals surface area contributed by atoms with Gasteiger partial charge in [0, 0.05) is 17.5 Å². The number of nitrogens with zero attached hydrogens (tertiary/aromatic N) is 1. The third kappa shape index (κ3) is 2.67. The van der Waals surface area contributed by atoms with E-state index in [9.17, 15) is 0 Å². The first-order chi connectivity index (χ1) is 9.38. The summed E-state index contributed by atoms with van der Waals surface area (Å²) in [5.74, 6) is 1.14. The Balaban J connectivity index is 1.91. The summed E-state index contributed by atoms with van der Waals surface area (Å²) in [6.45, 7) is 7.40. The molecular formula is C16H22N2O. The number of likely N-dealkylation sites (tertiary alicyclic amines) is 1. The van der Waals surface area contributed by atoms with Crippen molar-refractivity contribution in [2.24, 2.45) is 0 Å². The van der Waals surface area contributed by atoms with Crippen molar-refractivity contribution in [3.05, 3.63) is 35.6 Å². The molecule has 1 aromatic heterocycles. The fourth-order valence-electron chi connectivity index (χ4n) is 2.86. The highest BCUT2D eigenvalue weighted by molar-refractivity contribution is 5.82. The van der Waals surface area contributed by atoms with Crippen molar-refractivity contribution in [3.63, 3.8) is 0 Å². The van der Waals surface area contributed by atoms with Gasteiger partial charge in [0.2, 0.25) is 0 Å². The first-order valence-electron chi connectivity index (χ1n) is 7.31. The SMILES string of the molecule is CCNCc1c(CN2CCCC2)oc2ccccc12. The van der Waals surface area contributed by atoms with Crippen LogP contribution in [0.15, 0.2) is 28.7 Å². The minimum Gasteiger partial charge on any atom is -0.459 e. The van der Waals surface area contributed by atoms with Crippen molar-refractivity contribution in [1.82, 2.24) is 10.2 Å². The highest BCUT2D eigenvalue weighted by Gasteiger charge is 2.18. The lowest BCUT2D eigenvalue weighted by Crippen LogP contribution is -2.20. The van der Waals surface area contributed by atoms with Gasteiger partial charge >= 0.3 is 0 Å². The van der Waals surface area contributed by atoms with Crippen molar-refractivity contribution in [1.29, 1.82) is 0 Å². The van der Waals surface area contributed by atoms with Crippen LogP contribution in [-0.4, -0.2) is 24.5 Å². The third-order valence-corrected chi connectivity index (χ3v) is 3.90. The van der Waals surface area contributed by atoms with Crippen LogP contribution in [0.3, 0.4) is 0 Å². The zero-order valence-corrected chi connectivity index (χ0v) is 11.6. The molecule has 2 aromatic rings. The van der Waals surface area contributed by atoms with Gasteiger partial charge in [0.15, 0.2) is 0 Å². The molecule has 0 bridgehead atoms. The maximum absolute atomic E-state index is 6.08. The van der Waals surface area contributed by atoms with Crippen LogP contribution in [0.4, 0.5) is 0 Å². The molecule has 2 heterocycles. The van der Waals surface area contributed by atoms with E-state index in [-0.39, 0.29) is 0 Å². The first-order valence-corrected chi connectivity index (χ1v) is 7.31. The molecule has 0 aliphatic carbocycles. The topological polar surface area (TPSA) is 28.4 Å². The molecule has 0 spiro atoms. The lowest BCUT2D eigenvalue weighted by atomic mass is 10.1. The Labute approximate surface area is 114 Å². The number of rotatable bonds is 5. The van der Waals surface area contributed by atoms with E-state index >= 15 is 0 Å². The summed E-state index contributed by atoms with van der Waals surface area (Å²) in [4.78, 5) is 2.49. The predicted octanol–water partition coefficient (Wildman–Crippen LogP) is 3.14. The molecule has 1 aliphatic heterocycles. The summed E-state index contributed by atoms with van der Waals surface area (Å²) in [7, 11) is 0. The summed E-state index contributed by atoms with van der Waals surface area (Å²) in [5, 5.41) is 4.69. The number of nitrogens with one attached hydrogen (secondary N) is 1. The van der Waals surface area contributed by atoms with Gasteiger partial charge in [-0.25, -0.2) is 0 Å². The quantitative estimate of drug-likeness (QED) is 0.893. The molecule has 0 atom stereocenters. The first kappa shape index (κ1) is 12.7. The van der Waals surface area contributed by atoms with E-state index in [4.69, 9.17) is 4.42 Å². The van der Waals surface area contributed by atoms with Crippen LogP contribution in [0.2, 0.25) is 0 Å². The number of hydrogen-bond donors (Lipinski definition) is 1. The Bertz CT molecular complexity index is 541. The van der Waals surface area contributed by atoms with Gasteiger partial charge in [-0.15, -0.1) is 0 Å². The van der Waals surface area contributed by atoms with Gasteiger partial charge in [0.1, 0.15) is 11.3 Å². The highest BCUT2D eigenvalue weighted by Crippen LogP contribution is 2.27. The second-order valence-corrected chi connectivity index (χ2v) is 5.26.